The molecule has 0 spiro atoms. The van der Waals surface area contributed by atoms with Crippen LogP contribution >= 0.6 is 40.1 Å². The van der Waals surface area contributed by atoms with Gasteiger partial charge < -0.3 is 0 Å². The van der Waals surface area contributed by atoms with Crippen LogP contribution in [0.2, 0.25) is 0 Å². The predicted molar refractivity (Wildman–Crippen MR) is 169 cm³/mol. The van der Waals surface area contributed by atoms with Crippen molar-refractivity contribution < 1.29 is 28.2 Å². The van der Waals surface area contributed by atoms with Gasteiger partial charge in [0, 0.05) is 0 Å². The zero-order valence-corrected chi connectivity index (χ0v) is 28.1. The van der Waals surface area contributed by atoms with Crippen LogP contribution in [0, 0.1) is 11.6 Å². The molecule has 2 aromatic heterocycles. The van der Waals surface area contributed by atoms with Crippen LogP contribution in [0.1, 0.15) is 10.4 Å². The molecule has 0 bridgehead atoms. The Bertz CT molecular complexity index is 2040. The predicted octanol–water partition coefficient (Wildman–Crippen LogP) is 3.58. The van der Waals surface area contributed by atoms with E-state index in [1.54, 1.807) is 58.3 Å². The van der Waals surface area contributed by atoms with E-state index in [9.17, 15) is 24.6 Å². The van der Waals surface area contributed by atoms with Gasteiger partial charge in [-0.25, -0.2) is 0 Å². The SMILES string of the molecule is O=C(O)c1cc(-c2c3cc(F)c(=O)c([As]4SCCS4)c-3oc3c([As]4SCCS4)c([O-])c(F)cc23)c2ccccn2c1=O. The molecule has 5 heterocycles. The number of carboxylic acids is 1. The first-order chi connectivity index (χ1) is 20.3. The van der Waals surface area contributed by atoms with Gasteiger partial charge in [0.15, 0.2) is 0 Å². The van der Waals surface area contributed by atoms with Crippen LogP contribution in [0.4, 0.5) is 8.78 Å². The average molecular weight is 767 g/mol. The number of aromatic nitrogens is 1. The summed E-state index contributed by atoms with van der Waals surface area (Å²) in [6, 6.07) is 8.14. The van der Waals surface area contributed by atoms with Crippen molar-refractivity contribution in [3.63, 3.8) is 0 Å². The maximum atomic E-state index is 15.5. The molecule has 3 aromatic rings. The van der Waals surface area contributed by atoms with Crippen molar-refractivity contribution in [2.45, 2.75) is 0 Å². The van der Waals surface area contributed by atoms with Crippen LogP contribution in [-0.4, -0.2) is 63.2 Å². The van der Waals surface area contributed by atoms with E-state index in [1.807, 2.05) is 0 Å². The van der Waals surface area contributed by atoms with E-state index in [2.05, 4.69) is 0 Å². The summed E-state index contributed by atoms with van der Waals surface area (Å²) in [5.41, 5.74) is -1.03. The second-order valence-corrected chi connectivity index (χ2v) is 32.4. The molecule has 0 amide bonds. The molecule has 2 saturated heterocycles. The van der Waals surface area contributed by atoms with Gasteiger partial charge in [0.05, 0.1) is 0 Å². The number of halogens is 2. The van der Waals surface area contributed by atoms with Crippen LogP contribution in [0.25, 0.3) is 38.9 Å². The van der Waals surface area contributed by atoms with Crippen molar-refractivity contribution in [3.05, 3.63) is 80.4 Å². The minimum absolute atomic E-state index is 0.137. The Morgan fingerprint density at radius 3 is 2.26 bits per heavy atom. The van der Waals surface area contributed by atoms with E-state index >= 15 is 8.78 Å². The van der Waals surface area contributed by atoms with Gasteiger partial charge in [-0.2, -0.15) is 0 Å². The fourth-order valence-electron chi connectivity index (χ4n) is 5.07. The van der Waals surface area contributed by atoms with E-state index in [-0.39, 0.29) is 42.1 Å². The summed E-state index contributed by atoms with van der Waals surface area (Å²) in [7, 11) is 6.50. The van der Waals surface area contributed by atoms with Crippen molar-refractivity contribution in [2.24, 2.45) is 0 Å². The molecule has 1 N–H and O–H groups in total. The molecular formula is C27H16As2F2NO6S4-. The minimum atomic E-state index is -2.20. The first kappa shape index (κ1) is 28.7. The standard InChI is InChI=1S/C27H17As2F2NO6S4/c30-16-10-13-19(12-9-15(27(36)37)26(35)32-4-2-1-3-18(12)32)14-11-17(31)23(34)21(29-41-7-8-42-29)25(14)38-24(13)20(22(16)33)28-39-5-6-40-28/h1-4,9-11,33H,5-8H2,(H,36,37)/p-1. The van der Waals surface area contributed by atoms with Crippen molar-refractivity contribution >= 4 is 95.9 Å². The van der Waals surface area contributed by atoms with E-state index in [0.29, 0.717) is 5.52 Å². The number of carboxylic acid groups (broad SMARTS) is 1. The van der Waals surface area contributed by atoms with Gasteiger partial charge in [-0.3, -0.25) is 0 Å². The van der Waals surface area contributed by atoms with Gasteiger partial charge in [0.1, 0.15) is 0 Å². The summed E-state index contributed by atoms with van der Waals surface area (Å²) in [6.45, 7) is 0. The van der Waals surface area contributed by atoms with Crippen molar-refractivity contribution in [3.8, 4) is 28.2 Å². The number of benzene rings is 2. The van der Waals surface area contributed by atoms with Crippen LogP contribution in [0.15, 0.2) is 56.6 Å². The third-order valence-corrected chi connectivity index (χ3v) is 33.9. The van der Waals surface area contributed by atoms with Gasteiger partial charge in [-0.05, 0) is 0 Å². The first-order valence-electron chi connectivity index (χ1n) is 12.4. The molecule has 15 heteroatoms. The molecule has 7 nitrogen and oxygen atoms in total. The average Bonchev–Trinajstić information content (AvgIpc) is 3.70. The molecule has 42 heavy (non-hydrogen) atoms. The van der Waals surface area contributed by atoms with Gasteiger partial charge >= 0.3 is 260 Å². The number of aromatic carboxylic acids is 1. The Kier molecular flexibility index (Phi) is 7.64. The zero-order valence-electron chi connectivity index (χ0n) is 21.1. The summed E-state index contributed by atoms with van der Waals surface area (Å²) in [5, 5.41) is 23.4. The fourth-order valence-corrected chi connectivity index (χ4v) is 34.5. The van der Waals surface area contributed by atoms with Gasteiger partial charge in [-0.15, -0.1) is 0 Å². The number of hydrogen-bond acceptors (Lipinski definition) is 9. The Morgan fingerprint density at radius 1 is 0.929 bits per heavy atom. The van der Waals surface area contributed by atoms with Crippen molar-refractivity contribution in [1.82, 2.24) is 4.40 Å². The van der Waals surface area contributed by atoms with Crippen LogP contribution < -0.4 is 24.8 Å². The van der Waals surface area contributed by atoms with Crippen LogP contribution in [-0.2, 0) is 0 Å². The topological polar surface area (TPSA) is 112 Å². The summed E-state index contributed by atoms with van der Waals surface area (Å²) in [5.74, 6) is -0.851. The second-order valence-electron chi connectivity index (χ2n) is 9.19. The molecule has 2 fully saturated rings. The molecule has 0 radical (unpaired) electrons. The molecule has 3 aliphatic heterocycles. The second kappa shape index (κ2) is 11.2. The molecule has 4 aliphatic rings. The summed E-state index contributed by atoms with van der Waals surface area (Å²) in [4.78, 5) is 38.6. The van der Waals surface area contributed by atoms with Crippen LogP contribution in [0.5, 0.6) is 5.75 Å². The summed E-state index contributed by atoms with van der Waals surface area (Å²) < 4.78 is 39.1. The summed E-state index contributed by atoms with van der Waals surface area (Å²) in [6.07, 6.45) is 1.42. The van der Waals surface area contributed by atoms with E-state index in [4.69, 9.17) is 4.42 Å². The molecule has 1 aliphatic carbocycles. The van der Waals surface area contributed by atoms with Crippen molar-refractivity contribution in [2.75, 3.05) is 23.0 Å². The molecule has 1 aromatic carbocycles. The molecular weight excluding hydrogens is 750 g/mol. The molecule has 214 valence electrons. The van der Waals surface area contributed by atoms with Gasteiger partial charge in [0.25, 0.3) is 0 Å². The van der Waals surface area contributed by atoms with Crippen LogP contribution in [0.3, 0.4) is 0 Å². The Hall–Kier alpha value is -2.01. The Balaban J connectivity index is 1.73. The number of rotatable bonds is 4. The third-order valence-electron chi connectivity index (χ3n) is 6.81. The molecule has 7 rings (SSSR count). The van der Waals surface area contributed by atoms with Gasteiger partial charge in [-0.1, -0.05) is 0 Å². The number of nitrogens with zero attached hydrogens (tertiary/aromatic N) is 1. The summed E-state index contributed by atoms with van der Waals surface area (Å²) >= 11 is -4.39. The monoisotopic (exact) mass is 766 g/mol. The van der Waals surface area contributed by atoms with Gasteiger partial charge in [0.2, 0.25) is 0 Å². The van der Waals surface area contributed by atoms with E-state index < -0.39 is 64.6 Å². The zero-order chi connectivity index (χ0) is 29.3. The Labute approximate surface area is 258 Å². The molecule has 0 saturated carbocycles. The van der Waals surface area contributed by atoms with E-state index in [1.165, 1.54) is 16.7 Å². The fraction of sp³-hybridized carbons (Fsp3) is 0.148. The van der Waals surface area contributed by atoms with Crippen molar-refractivity contribution in [1.29, 1.82) is 0 Å². The Morgan fingerprint density at radius 2 is 1.60 bits per heavy atom. The number of fused-ring (bicyclic) bond motifs is 3. The molecule has 0 atom stereocenters. The maximum absolute atomic E-state index is 15.5. The third kappa shape index (κ3) is 4.54. The molecule has 0 unspecified atom stereocenters. The number of hydrogen-bond donors (Lipinski definition) is 1. The quantitative estimate of drug-likeness (QED) is 0.216. The normalized spacial score (nSPS) is 16.3. The van der Waals surface area contributed by atoms with E-state index in [0.717, 1.165) is 35.1 Å². The number of pyridine rings is 2. The first-order valence-corrected chi connectivity index (χ1v) is 27.2. The number of carbonyl (C=O) groups is 1.